The first-order valence-electron chi connectivity index (χ1n) is 8.41. The number of hydrogen-bond donors (Lipinski definition) is 1. The van der Waals surface area contributed by atoms with Crippen molar-refractivity contribution in [3.05, 3.63) is 68.7 Å². The monoisotopic (exact) mass is 415 g/mol. The number of amides is 1. The summed E-state index contributed by atoms with van der Waals surface area (Å²) in [6, 6.07) is 9.59. The van der Waals surface area contributed by atoms with E-state index in [4.69, 9.17) is 0 Å². The van der Waals surface area contributed by atoms with Crippen LogP contribution in [0.2, 0.25) is 0 Å². The molecular weight excluding hydrogens is 394 g/mol. The fraction of sp³-hybridized carbons (Fsp3) is 0.316. The highest BCUT2D eigenvalue weighted by molar-refractivity contribution is 9.10. The van der Waals surface area contributed by atoms with Gasteiger partial charge in [0.05, 0.1) is 40.3 Å². The molecule has 0 atom stereocenters. The maximum absolute atomic E-state index is 12.3. The summed E-state index contributed by atoms with van der Waals surface area (Å²) in [5.41, 5.74) is 5.73. The summed E-state index contributed by atoms with van der Waals surface area (Å²) in [5, 5.41) is 11.7. The first kappa shape index (κ1) is 18.4. The van der Waals surface area contributed by atoms with Crippen molar-refractivity contribution in [2.75, 3.05) is 0 Å². The Bertz CT molecular complexity index is 940. The van der Waals surface area contributed by atoms with Crippen molar-refractivity contribution in [3.63, 3.8) is 0 Å². The fourth-order valence-electron chi connectivity index (χ4n) is 2.87. The minimum atomic E-state index is -0.0933. The van der Waals surface area contributed by atoms with Crippen LogP contribution in [0.5, 0.6) is 0 Å². The zero-order chi connectivity index (χ0) is 18.8. The van der Waals surface area contributed by atoms with E-state index in [0.717, 1.165) is 32.8 Å². The summed E-state index contributed by atoms with van der Waals surface area (Å²) < 4.78 is 4.78. The van der Waals surface area contributed by atoms with E-state index in [9.17, 15) is 4.79 Å². The first-order chi connectivity index (χ1) is 12.3. The van der Waals surface area contributed by atoms with Crippen LogP contribution in [0.25, 0.3) is 0 Å². The summed E-state index contributed by atoms with van der Waals surface area (Å²) in [4.78, 5) is 12.3. The van der Waals surface area contributed by atoms with Crippen LogP contribution in [-0.4, -0.2) is 25.5 Å². The van der Waals surface area contributed by atoms with Crippen LogP contribution >= 0.6 is 15.9 Å². The number of nitrogens with zero attached hydrogens (tertiary/aromatic N) is 4. The van der Waals surface area contributed by atoms with E-state index in [0.29, 0.717) is 18.7 Å². The summed E-state index contributed by atoms with van der Waals surface area (Å²) in [6.07, 6.45) is 0. The van der Waals surface area contributed by atoms with E-state index < -0.39 is 0 Å². The zero-order valence-corrected chi connectivity index (χ0v) is 17.0. The molecule has 0 aliphatic heterocycles. The summed E-state index contributed by atoms with van der Waals surface area (Å²) in [5.74, 6) is -0.0933. The Morgan fingerprint density at radius 3 is 2.38 bits per heavy atom. The average Bonchev–Trinajstić information content (AvgIpc) is 3.06. The van der Waals surface area contributed by atoms with Gasteiger partial charge < -0.3 is 5.32 Å². The molecule has 0 aliphatic rings. The Hall–Kier alpha value is -2.41. The molecule has 2 heterocycles. The lowest BCUT2D eigenvalue weighted by Gasteiger charge is -2.08. The zero-order valence-electron chi connectivity index (χ0n) is 15.4. The molecule has 0 fully saturated rings. The van der Waals surface area contributed by atoms with Crippen LogP contribution in [0.3, 0.4) is 0 Å². The number of benzene rings is 1. The van der Waals surface area contributed by atoms with Gasteiger partial charge in [-0.25, -0.2) is 0 Å². The molecule has 2 aromatic heterocycles. The van der Waals surface area contributed by atoms with Crippen molar-refractivity contribution in [1.82, 2.24) is 24.9 Å². The number of carbonyl (C=O) groups is 1. The number of aryl methyl sites for hydroxylation is 3. The number of halogens is 1. The van der Waals surface area contributed by atoms with E-state index in [2.05, 4.69) is 31.4 Å². The van der Waals surface area contributed by atoms with Crippen LogP contribution in [0, 0.1) is 20.8 Å². The van der Waals surface area contributed by atoms with E-state index >= 15 is 0 Å². The van der Waals surface area contributed by atoms with Gasteiger partial charge in [0.2, 0.25) is 0 Å². The molecule has 0 bridgehead atoms. The van der Waals surface area contributed by atoms with Gasteiger partial charge in [0.15, 0.2) is 0 Å². The Kier molecular flexibility index (Phi) is 5.27. The molecule has 0 radical (unpaired) electrons. The number of aromatic nitrogens is 4. The van der Waals surface area contributed by atoms with Gasteiger partial charge in [0, 0.05) is 12.6 Å². The highest BCUT2D eigenvalue weighted by atomic mass is 79.9. The molecule has 3 rings (SSSR count). The van der Waals surface area contributed by atoms with Crippen LogP contribution in [0.15, 0.2) is 34.8 Å². The Balaban J connectivity index is 1.64. The topological polar surface area (TPSA) is 64.7 Å². The largest absolute Gasteiger partial charge is 0.346 e. The smallest absolute Gasteiger partial charge is 0.251 e. The molecule has 26 heavy (non-hydrogen) atoms. The second-order valence-corrected chi connectivity index (χ2v) is 7.22. The molecule has 1 amide bonds. The van der Waals surface area contributed by atoms with Crippen LogP contribution in [0.1, 0.15) is 38.7 Å². The number of carbonyl (C=O) groups excluding carboxylic acids is 1. The fourth-order valence-corrected chi connectivity index (χ4v) is 3.15. The summed E-state index contributed by atoms with van der Waals surface area (Å²) >= 11 is 3.54. The number of nitrogens with one attached hydrogen (secondary N) is 1. The third-order valence-electron chi connectivity index (χ3n) is 4.37. The second-order valence-electron chi connectivity index (χ2n) is 6.42. The van der Waals surface area contributed by atoms with Crippen molar-refractivity contribution >= 4 is 21.8 Å². The minimum absolute atomic E-state index is 0.0933. The third kappa shape index (κ3) is 3.88. The van der Waals surface area contributed by atoms with Gasteiger partial charge >= 0.3 is 0 Å². The van der Waals surface area contributed by atoms with Gasteiger partial charge in [-0.3, -0.25) is 14.2 Å². The maximum atomic E-state index is 12.3. The summed E-state index contributed by atoms with van der Waals surface area (Å²) in [7, 11) is 1.88. The molecule has 0 spiro atoms. The molecule has 136 valence electrons. The van der Waals surface area contributed by atoms with Crippen molar-refractivity contribution in [1.29, 1.82) is 0 Å². The molecule has 1 aromatic carbocycles. The molecular formula is C19H22BrN5O. The highest BCUT2D eigenvalue weighted by Crippen LogP contribution is 2.20. The Morgan fingerprint density at radius 2 is 1.85 bits per heavy atom. The highest BCUT2D eigenvalue weighted by Gasteiger charge is 2.10. The first-order valence-corrected chi connectivity index (χ1v) is 9.20. The number of hydrogen-bond acceptors (Lipinski definition) is 3. The molecule has 0 saturated carbocycles. The predicted molar refractivity (Wildman–Crippen MR) is 104 cm³/mol. The van der Waals surface area contributed by atoms with Gasteiger partial charge in [0.25, 0.3) is 5.91 Å². The standard InChI is InChI=1S/C19H22BrN5O/c1-12-9-17(24(4)22-12)10-21-19(26)16-7-5-15(6-8-16)11-25-14(3)18(20)13(2)23-25/h5-9H,10-11H2,1-4H3,(H,21,26). The molecule has 0 aliphatic carbocycles. The molecule has 0 saturated heterocycles. The Morgan fingerprint density at radius 1 is 1.15 bits per heavy atom. The Labute approximate surface area is 161 Å². The lowest BCUT2D eigenvalue weighted by atomic mass is 10.1. The lowest BCUT2D eigenvalue weighted by Crippen LogP contribution is -2.24. The SMILES string of the molecule is Cc1cc(CNC(=O)c2ccc(Cn3nc(C)c(Br)c3C)cc2)n(C)n1. The molecule has 1 N–H and O–H groups in total. The minimum Gasteiger partial charge on any atom is -0.346 e. The normalized spacial score (nSPS) is 11.0. The summed E-state index contributed by atoms with van der Waals surface area (Å²) in [6.45, 7) is 7.08. The van der Waals surface area contributed by atoms with Crippen LogP contribution in [0.4, 0.5) is 0 Å². The predicted octanol–water partition coefficient (Wildman–Crippen LogP) is 3.28. The van der Waals surface area contributed by atoms with Gasteiger partial charge in [-0.05, 0) is 60.5 Å². The van der Waals surface area contributed by atoms with Crippen LogP contribution < -0.4 is 5.32 Å². The molecule has 0 unspecified atom stereocenters. The van der Waals surface area contributed by atoms with Crippen molar-refractivity contribution in [2.45, 2.75) is 33.9 Å². The van der Waals surface area contributed by atoms with Crippen molar-refractivity contribution in [3.8, 4) is 0 Å². The van der Waals surface area contributed by atoms with Gasteiger partial charge in [0.1, 0.15) is 0 Å². The lowest BCUT2D eigenvalue weighted by molar-refractivity contribution is 0.0950. The molecule has 6 nitrogen and oxygen atoms in total. The van der Waals surface area contributed by atoms with E-state index in [1.807, 2.05) is 62.8 Å². The average molecular weight is 416 g/mol. The van der Waals surface area contributed by atoms with E-state index in [-0.39, 0.29) is 5.91 Å². The molecule has 3 aromatic rings. The van der Waals surface area contributed by atoms with E-state index in [1.165, 1.54) is 0 Å². The third-order valence-corrected chi connectivity index (χ3v) is 5.52. The number of rotatable bonds is 5. The van der Waals surface area contributed by atoms with Gasteiger partial charge in [-0.15, -0.1) is 0 Å². The quantitative estimate of drug-likeness (QED) is 0.695. The van der Waals surface area contributed by atoms with Gasteiger partial charge in [-0.1, -0.05) is 12.1 Å². The molecule has 7 heteroatoms. The maximum Gasteiger partial charge on any atom is 0.251 e. The van der Waals surface area contributed by atoms with E-state index in [1.54, 1.807) is 4.68 Å². The van der Waals surface area contributed by atoms with Gasteiger partial charge in [-0.2, -0.15) is 10.2 Å². The second kappa shape index (κ2) is 7.45. The van der Waals surface area contributed by atoms with Crippen molar-refractivity contribution < 1.29 is 4.79 Å². The van der Waals surface area contributed by atoms with Crippen LogP contribution in [-0.2, 0) is 20.1 Å². The van der Waals surface area contributed by atoms with Crippen molar-refractivity contribution in [2.24, 2.45) is 7.05 Å².